The van der Waals surface area contributed by atoms with E-state index in [0.717, 1.165) is 29.9 Å². The molecule has 0 bridgehead atoms. The minimum atomic E-state index is -0.817. The molecule has 0 saturated carbocycles. The van der Waals surface area contributed by atoms with Crippen molar-refractivity contribution in [1.82, 2.24) is 0 Å². The molecule has 0 aliphatic carbocycles. The predicted octanol–water partition coefficient (Wildman–Crippen LogP) is 3.53. The van der Waals surface area contributed by atoms with Crippen molar-refractivity contribution in [2.24, 2.45) is 0 Å². The van der Waals surface area contributed by atoms with Gasteiger partial charge in [-0.3, -0.25) is 4.79 Å². The molecule has 2 aromatic rings. The summed E-state index contributed by atoms with van der Waals surface area (Å²) in [6.45, 7) is 6.16. The summed E-state index contributed by atoms with van der Waals surface area (Å²) in [5, 5.41) is 9.54. The van der Waals surface area contributed by atoms with E-state index in [1.54, 1.807) is 24.3 Å². The van der Waals surface area contributed by atoms with Crippen molar-refractivity contribution >= 4 is 17.3 Å². The van der Waals surface area contributed by atoms with Crippen LogP contribution >= 0.6 is 0 Å². The van der Waals surface area contributed by atoms with Gasteiger partial charge in [-0.1, -0.05) is 24.3 Å². The van der Waals surface area contributed by atoms with E-state index in [0.29, 0.717) is 12.1 Å². The van der Waals surface area contributed by atoms with Crippen molar-refractivity contribution in [1.29, 1.82) is 0 Å². The molecular formula is C19H24N2O2. The monoisotopic (exact) mass is 312 g/mol. The van der Waals surface area contributed by atoms with Crippen LogP contribution in [0.5, 0.6) is 0 Å². The number of carboxylic acid groups (broad SMARTS) is 1. The zero-order valence-electron chi connectivity index (χ0n) is 13.7. The lowest BCUT2D eigenvalue weighted by molar-refractivity contribution is -0.138. The maximum absolute atomic E-state index is 11.6. The zero-order valence-corrected chi connectivity index (χ0v) is 13.7. The fourth-order valence-electron chi connectivity index (χ4n) is 2.74. The van der Waals surface area contributed by atoms with E-state index < -0.39 is 11.9 Å². The number of anilines is 2. The Morgan fingerprint density at radius 3 is 2.09 bits per heavy atom. The van der Waals surface area contributed by atoms with Gasteiger partial charge in [-0.25, -0.2) is 0 Å². The fourth-order valence-corrected chi connectivity index (χ4v) is 2.74. The molecule has 0 fully saturated rings. The van der Waals surface area contributed by atoms with Gasteiger partial charge >= 0.3 is 5.97 Å². The van der Waals surface area contributed by atoms with Crippen molar-refractivity contribution in [3.05, 3.63) is 59.7 Å². The number of benzene rings is 2. The van der Waals surface area contributed by atoms with Crippen LogP contribution in [-0.4, -0.2) is 24.2 Å². The van der Waals surface area contributed by atoms with Gasteiger partial charge in [0, 0.05) is 24.5 Å². The van der Waals surface area contributed by atoms with Crippen molar-refractivity contribution in [3.8, 4) is 0 Å². The molecule has 0 amide bonds. The predicted molar refractivity (Wildman–Crippen MR) is 94.9 cm³/mol. The lowest BCUT2D eigenvalue weighted by Gasteiger charge is -2.21. The Bertz CT molecular complexity index is 631. The summed E-state index contributed by atoms with van der Waals surface area (Å²) < 4.78 is 0. The normalized spacial score (nSPS) is 11.9. The second-order valence-corrected chi connectivity index (χ2v) is 5.60. The minimum Gasteiger partial charge on any atom is -0.481 e. The molecule has 4 nitrogen and oxygen atoms in total. The Balaban J connectivity index is 2.17. The molecule has 0 spiro atoms. The third-order valence-electron chi connectivity index (χ3n) is 4.14. The summed E-state index contributed by atoms with van der Waals surface area (Å²) in [5.74, 6) is -1.38. The smallest absolute Gasteiger partial charge is 0.311 e. The van der Waals surface area contributed by atoms with Crippen LogP contribution in [0.3, 0.4) is 0 Å². The van der Waals surface area contributed by atoms with Gasteiger partial charge < -0.3 is 15.7 Å². The lowest BCUT2D eigenvalue weighted by Crippen LogP contribution is -2.21. The fraction of sp³-hybridized carbons (Fsp3) is 0.316. The van der Waals surface area contributed by atoms with E-state index in [-0.39, 0.29) is 0 Å². The van der Waals surface area contributed by atoms with Crippen LogP contribution in [0.4, 0.5) is 11.4 Å². The van der Waals surface area contributed by atoms with Crippen LogP contribution in [0.2, 0.25) is 0 Å². The Kier molecular flexibility index (Phi) is 5.63. The number of aliphatic carboxylic acids is 1. The largest absolute Gasteiger partial charge is 0.481 e. The molecule has 0 aliphatic rings. The maximum Gasteiger partial charge on any atom is 0.311 e. The molecule has 1 atom stereocenters. The molecule has 0 aromatic heterocycles. The second kappa shape index (κ2) is 7.68. The van der Waals surface area contributed by atoms with Gasteiger partial charge in [-0.05, 0) is 55.7 Å². The Hall–Kier alpha value is -2.49. The number of nitrogens with two attached hydrogens (primary N) is 1. The summed E-state index contributed by atoms with van der Waals surface area (Å²) in [7, 11) is 0. The van der Waals surface area contributed by atoms with E-state index in [9.17, 15) is 9.90 Å². The van der Waals surface area contributed by atoms with Crippen LogP contribution in [0.15, 0.2) is 48.5 Å². The van der Waals surface area contributed by atoms with Crippen molar-refractivity contribution in [2.45, 2.75) is 26.2 Å². The SMILES string of the molecule is CCN(CC)c1ccc(CC(C(=O)O)c2ccc(N)cc2)cc1. The number of rotatable bonds is 7. The van der Waals surface area contributed by atoms with Crippen molar-refractivity contribution < 1.29 is 9.90 Å². The summed E-state index contributed by atoms with van der Waals surface area (Å²) in [5.41, 5.74) is 9.28. The maximum atomic E-state index is 11.6. The Labute approximate surface area is 137 Å². The summed E-state index contributed by atoms with van der Waals surface area (Å²) in [6, 6.07) is 15.2. The third kappa shape index (κ3) is 4.25. The first kappa shape index (κ1) is 16.9. The number of hydrogen-bond acceptors (Lipinski definition) is 3. The highest BCUT2D eigenvalue weighted by Gasteiger charge is 2.20. The number of nitrogens with zero attached hydrogens (tertiary/aromatic N) is 1. The van der Waals surface area contributed by atoms with Gasteiger partial charge in [0.05, 0.1) is 5.92 Å². The number of carboxylic acids is 1. The highest BCUT2D eigenvalue weighted by atomic mass is 16.4. The van der Waals surface area contributed by atoms with Crippen molar-refractivity contribution in [2.75, 3.05) is 23.7 Å². The van der Waals surface area contributed by atoms with Gasteiger partial charge in [-0.15, -0.1) is 0 Å². The topological polar surface area (TPSA) is 66.6 Å². The Morgan fingerprint density at radius 2 is 1.61 bits per heavy atom. The number of carbonyl (C=O) groups is 1. The first-order valence-corrected chi connectivity index (χ1v) is 7.97. The van der Waals surface area contributed by atoms with Crippen LogP contribution in [-0.2, 0) is 11.2 Å². The van der Waals surface area contributed by atoms with E-state index >= 15 is 0 Å². The number of nitrogen functional groups attached to an aromatic ring is 1. The quantitative estimate of drug-likeness (QED) is 0.768. The zero-order chi connectivity index (χ0) is 16.8. The molecule has 0 radical (unpaired) electrons. The molecule has 0 heterocycles. The van der Waals surface area contributed by atoms with E-state index in [1.165, 1.54) is 0 Å². The molecule has 2 rings (SSSR count). The average Bonchev–Trinajstić information content (AvgIpc) is 2.56. The Morgan fingerprint density at radius 1 is 1.04 bits per heavy atom. The van der Waals surface area contributed by atoms with Crippen LogP contribution < -0.4 is 10.6 Å². The van der Waals surface area contributed by atoms with Crippen molar-refractivity contribution in [3.63, 3.8) is 0 Å². The lowest BCUT2D eigenvalue weighted by atomic mass is 9.92. The summed E-state index contributed by atoms with van der Waals surface area (Å²) in [6.07, 6.45) is 0.470. The molecule has 3 N–H and O–H groups in total. The van der Waals surface area contributed by atoms with Gasteiger partial charge in [0.15, 0.2) is 0 Å². The summed E-state index contributed by atoms with van der Waals surface area (Å²) in [4.78, 5) is 13.9. The standard InChI is InChI=1S/C19H24N2O2/c1-3-21(4-2)17-11-5-14(6-12-17)13-18(19(22)23)15-7-9-16(20)10-8-15/h5-12,18H,3-4,13,20H2,1-2H3,(H,22,23). The number of hydrogen-bond donors (Lipinski definition) is 2. The van der Waals surface area contributed by atoms with Gasteiger partial charge in [0.25, 0.3) is 0 Å². The molecule has 1 unspecified atom stereocenters. The van der Waals surface area contributed by atoms with E-state index in [1.807, 2.05) is 12.1 Å². The van der Waals surface area contributed by atoms with Crippen LogP contribution in [0.25, 0.3) is 0 Å². The van der Waals surface area contributed by atoms with E-state index in [4.69, 9.17) is 5.73 Å². The first-order chi connectivity index (χ1) is 11.0. The molecule has 122 valence electrons. The van der Waals surface area contributed by atoms with E-state index in [2.05, 4.69) is 30.9 Å². The minimum absolute atomic E-state index is 0.470. The molecule has 23 heavy (non-hydrogen) atoms. The first-order valence-electron chi connectivity index (χ1n) is 7.97. The van der Waals surface area contributed by atoms with Crippen LogP contribution in [0.1, 0.15) is 30.9 Å². The summed E-state index contributed by atoms with van der Waals surface area (Å²) >= 11 is 0. The highest BCUT2D eigenvalue weighted by molar-refractivity contribution is 5.76. The van der Waals surface area contributed by atoms with Gasteiger partial charge in [0.2, 0.25) is 0 Å². The average molecular weight is 312 g/mol. The third-order valence-corrected chi connectivity index (χ3v) is 4.14. The van der Waals surface area contributed by atoms with Crippen LogP contribution in [0, 0.1) is 0 Å². The van der Waals surface area contributed by atoms with Gasteiger partial charge in [-0.2, -0.15) is 0 Å². The molecule has 4 heteroatoms. The van der Waals surface area contributed by atoms with Gasteiger partial charge in [0.1, 0.15) is 0 Å². The second-order valence-electron chi connectivity index (χ2n) is 5.60. The highest BCUT2D eigenvalue weighted by Crippen LogP contribution is 2.24. The molecule has 0 saturated heterocycles. The molecular weight excluding hydrogens is 288 g/mol. The molecule has 0 aliphatic heterocycles. The molecule has 2 aromatic carbocycles.